The number of carbonyl (C=O) groups excluding carboxylic acids is 2. The molecule has 0 saturated carbocycles. The van der Waals surface area contributed by atoms with Gasteiger partial charge in [-0.25, -0.2) is 9.98 Å². The third-order valence-electron chi connectivity index (χ3n) is 6.64. The van der Waals surface area contributed by atoms with Gasteiger partial charge in [-0.1, -0.05) is 30.3 Å². The largest absolute Gasteiger partial charge is 0.394 e. The van der Waals surface area contributed by atoms with Crippen LogP contribution < -0.4 is 16.4 Å². The lowest BCUT2D eigenvalue weighted by Crippen LogP contribution is -2.58. The molecule has 174 valence electrons. The Morgan fingerprint density at radius 1 is 1.15 bits per heavy atom. The minimum absolute atomic E-state index is 0.0309. The molecule has 34 heavy (non-hydrogen) atoms. The predicted octanol–water partition coefficient (Wildman–Crippen LogP) is -0.714. The predicted molar refractivity (Wildman–Crippen MR) is 121 cm³/mol. The van der Waals surface area contributed by atoms with Crippen molar-refractivity contribution in [1.29, 1.82) is 0 Å². The number of nitrogens with two attached hydrogens (primary N) is 1. The van der Waals surface area contributed by atoms with E-state index in [1.165, 1.54) is 16.0 Å². The number of rotatable bonds is 3. The molecule has 11 nitrogen and oxygen atoms in total. The van der Waals surface area contributed by atoms with E-state index in [0.717, 1.165) is 17.5 Å². The molecule has 3 aliphatic heterocycles. The third-order valence-corrected chi connectivity index (χ3v) is 6.64. The number of amides is 2. The molecule has 0 bridgehead atoms. The van der Waals surface area contributed by atoms with Crippen LogP contribution in [0.25, 0.3) is 11.1 Å². The molecule has 2 fully saturated rings. The number of guanidine groups is 2. The number of benzene rings is 2. The first-order valence-electron chi connectivity index (χ1n) is 10.9. The number of aliphatic hydroxyl groups excluding tert-OH is 2. The smallest absolute Gasteiger partial charge is 0.299 e. The number of nitrogens with zero attached hydrogens (tertiary/aromatic N) is 3. The molecule has 2 aromatic carbocycles. The van der Waals surface area contributed by atoms with Crippen molar-refractivity contribution in [2.45, 2.75) is 36.9 Å². The molecule has 3 heterocycles. The zero-order chi connectivity index (χ0) is 23.6. The first kappa shape index (κ1) is 20.8. The van der Waals surface area contributed by atoms with Crippen LogP contribution in [0.2, 0.25) is 0 Å². The fraction of sp³-hybridized carbons (Fsp3) is 0.304. The molecular weight excluding hydrogens is 440 g/mol. The Morgan fingerprint density at radius 2 is 1.91 bits per heavy atom. The highest BCUT2D eigenvalue weighted by Gasteiger charge is 2.64. The highest BCUT2D eigenvalue weighted by Crippen LogP contribution is 2.39. The van der Waals surface area contributed by atoms with Crippen LogP contribution in [-0.4, -0.2) is 69.6 Å². The third kappa shape index (κ3) is 2.87. The van der Waals surface area contributed by atoms with Crippen molar-refractivity contribution in [2.75, 3.05) is 6.61 Å². The Bertz CT molecular complexity index is 1290. The normalized spacial score (nSPS) is 30.5. The molecular formula is C23H22N6O5. The second kappa shape index (κ2) is 7.35. The molecule has 4 aliphatic rings. The van der Waals surface area contributed by atoms with Gasteiger partial charge in [-0.05, 0) is 40.8 Å². The van der Waals surface area contributed by atoms with Gasteiger partial charge in [0.1, 0.15) is 12.3 Å². The molecule has 4 atom stereocenters. The summed E-state index contributed by atoms with van der Waals surface area (Å²) in [4.78, 5) is 36.0. The fourth-order valence-corrected chi connectivity index (χ4v) is 5.07. The lowest BCUT2D eigenvalue weighted by molar-refractivity contribution is -0.145. The molecule has 6 N–H and O–H groups in total. The van der Waals surface area contributed by atoms with Crippen LogP contribution in [0.1, 0.15) is 17.5 Å². The lowest BCUT2D eigenvalue weighted by Gasteiger charge is -2.32. The van der Waals surface area contributed by atoms with Gasteiger partial charge in [0, 0.05) is 6.42 Å². The van der Waals surface area contributed by atoms with E-state index in [4.69, 9.17) is 10.5 Å². The summed E-state index contributed by atoms with van der Waals surface area (Å²) in [6.45, 7) is -0.421. The standard InChI is InChI=1S/C23H22N6O5/c24-21-26-19(32)23(28-21)20(33)27-22(29(23)18-9-16(31)17(10-30)34-18)25-13-5-6-15-12(8-13)7-11-3-1-2-4-14(11)15/h1-6,8,16-18,30-31H,7,9-10H2,(H,25,27,33)(H3,24,26,28,32)/t16-,17+,18+,23?/m0/s1. The molecule has 2 saturated heterocycles. The lowest BCUT2D eigenvalue weighted by atomic mass is 10.1. The number of fused-ring (bicyclic) bond motifs is 3. The fourth-order valence-electron chi connectivity index (χ4n) is 5.07. The SMILES string of the molecule is NC1=NC2(C(=O)N1)C(=O)NC(=Nc1ccc3c(c1)Cc1ccccc1-3)N2[C@H]1C[C@H](O)[C@@H](CO)O1. The zero-order valence-corrected chi connectivity index (χ0v) is 17.9. The second-order valence-corrected chi connectivity index (χ2v) is 8.67. The van der Waals surface area contributed by atoms with E-state index in [0.29, 0.717) is 5.69 Å². The van der Waals surface area contributed by atoms with Crippen molar-refractivity contribution in [3.8, 4) is 11.1 Å². The van der Waals surface area contributed by atoms with E-state index >= 15 is 0 Å². The Kier molecular flexibility index (Phi) is 4.49. The van der Waals surface area contributed by atoms with Gasteiger partial charge in [-0.15, -0.1) is 0 Å². The summed E-state index contributed by atoms with van der Waals surface area (Å²) in [6.07, 6.45) is -2.02. The molecule has 2 aromatic rings. The van der Waals surface area contributed by atoms with Crippen LogP contribution >= 0.6 is 0 Å². The summed E-state index contributed by atoms with van der Waals surface area (Å²) in [6, 6.07) is 13.9. The van der Waals surface area contributed by atoms with Gasteiger partial charge < -0.3 is 20.7 Å². The topological polar surface area (TPSA) is 162 Å². The average molecular weight is 462 g/mol. The molecule has 1 spiro atoms. The maximum Gasteiger partial charge on any atom is 0.299 e. The second-order valence-electron chi connectivity index (χ2n) is 8.67. The van der Waals surface area contributed by atoms with E-state index < -0.39 is 42.5 Å². The molecule has 1 unspecified atom stereocenters. The Balaban J connectivity index is 1.41. The maximum absolute atomic E-state index is 13.1. The zero-order valence-electron chi connectivity index (χ0n) is 17.9. The molecule has 0 radical (unpaired) electrons. The van der Waals surface area contributed by atoms with Gasteiger partial charge in [-0.2, -0.15) is 0 Å². The van der Waals surface area contributed by atoms with E-state index in [9.17, 15) is 19.8 Å². The minimum Gasteiger partial charge on any atom is -0.394 e. The first-order valence-corrected chi connectivity index (χ1v) is 10.9. The summed E-state index contributed by atoms with van der Waals surface area (Å²) >= 11 is 0. The van der Waals surface area contributed by atoms with Gasteiger partial charge in [0.05, 0.1) is 18.4 Å². The highest BCUT2D eigenvalue weighted by atomic mass is 16.5. The summed E-state index contributed by atoms with van der Waals surface area (Å²) in [5.74, 6) is -1.64. The van der Waals surface area contributed by atoms with Crippen molar-refractivity contribution in [2.24, 2.45) is 15.7 Å². The van der Waals surface area contributed by atoms with E-state index in [1.54, 1.807) is 0 Å². The van der Waals surface area contributed by atoms with Crippen LogP contribution in [0.5, 0.6) is 0 Å². The Labute approximate surface area is 193 Å². The minimum atomic E-state index is -2.05. The maximum atomic E-state index is 13.1. The number of hydrogen-bond acceptors (Lipinski definition) is 8. The summed E-state index contributed by atoms with van der Waals surface area (Å²) in [5, 5.41) is 24.8. The summed E-state index contributed by atoms with van der Waals surface area (Å²) in [5.41, 5.74) is 8.88. The van der Waals surface area contributed by atoms with Crippen molar-refractivity contribution in [3.63, 3.8) is 0 Å². The first-order chi connectivity index (χ1) is 16.4. The highest BCUT2D eigenvalue weighted by molar-refractivity contribution is 6.26. The van der Waals surface area contributed by atoms with Crippen LogP contribution in [0.15, 0.2) is 52.4 Å². The Morgan fingerprint density at radius 3 is 2.65 bits per heavy atom. The molecule has 1 aliphatic carbocycles. The monoisotopic (exact) mass is 462 g/mol. The number of aliphatic hydroxyl groups is 2. The van der Waals surface area contributed by atoms with Crippen molar-refractivity contribution in [1.82, 2.24) is 15.5 Å². The van der Waals surface area contributed by atoms with E-state index in [1.807, 2.05) is 30.3 Å². The summed E-state index contributed by atoms with van der Waals surface area (Å²) < 4.78 is 5.77. The average Bonchev–Trinajstić information content (AvgIpc) is 3.51. The van der Waals surface area contributed by atoms with Gasteiger partial charge >= 0.3 is 0 Å². The molecule has 11 heteroatoms. The van der Waals surface area contributed by atoms with Gasteiger partial charge in [-0.3, -0.25) is 25.1 Å². The van der Waals surface area contributed by atoms with E-state index in [-0.39, 0.29) is 18.3 Å². The van der Waals surface area contributed by atoms with Crippen LogP contribution in [-0.2, 0) is 20.7 Å². The van der Waals surface area contributed by atoms with Crippen molar-refractivity contribution in [3.05, 3.63) is 53.6 Å². The van der Waals surface area contributed by atoms with Gasteiger partial charge in [0.15, 0.2) is 5.96 Å². The van der Waals surface area contributed by atoms with Gasteiger partial charge in [0.2, 0.25) is 5.96 Å². The number of aliphatic imine (C=N–C) groups is 2. The number of hydrogen-bond donors (Lipinski definition) is 5. The molecule has 6 rings (SSSR count). The number of ether oxygens (including phenoxy) is 1. The van der Waals surface area contributed by atoms with Crippen LogP contribution in [0.3, 0.4) is 0 Å². The Hall–Kier alpha value is -3.80. The van der Waals surface area contributed by atoms with Crippen LogP contribution in [0, 0.1) is 0 Å². The molecule has 2 amide bonds. The molecule has 0 aromatic heterocycles. The van der Waals surface area contributed by atoms with E-state index in [2.05, 4.69) is 32.8 Å². The number of carbonyl (C=O) groups is 2. The van der Waals surface area contributed by atoms with Gasteiger partial charge in [0.25, 0.3) is 17.5 Å². The van der Waals surface area contributed by atoms with Crippen molar-refractivity contribution < 1.29 is 24.5 Å². The van der Waals surface area contributed by atoms with Crippen LogP contribution in [0.4, 0.5) is 5.69 Å². The number of nitrogens with one attached hydrogen (secondary N) is 2. The summed E-state index contributed by atoms with van der Waals surface area (Å²) in [7, 11) is 0. The van der Waals surface area contributed by atoms with Crippen molar-refractivity contribution >= 4 is 29.4 Å². The quantitative estimate of drug-likeness (QED) is 0.321.